The molecule has 3 rings (SSSR count). The second-order valence-corrected chi connectivity index (χ2v) is 9.19. The SMILES string of the molecule is CC(=O)N1CCN(S(=O)(=O)c2ccc(C(=O)OCC(=O)NC(=O)c3ccccc3)cc2)CC1. The van der Waals surface area contributed by atoms with E-state index in [1.54, 1.807) is 23.1 Å². The lowest BCUT2D eigenvalue weighted by atomic mass is 10.2. The van der Waals surface area contributed by atoms with E-state index in [0.717, 1.165) is 0 Å². The summed E-state index contributed by atoms with van der Waals surface area (Å²) in [4.78, 5) is 49.0. The Bertz CT molecular complexity index is 1140. The lowest BCUT2D eigenvalue weighted by molar-refractivity contribution is -0.130. The van der Waals surface area contributed by atoms with Crippen LogP contribution in [-0.4, -0.2) is 74.1 Å². The number of ether oxygens (including phenoxy) is 1. The molecule has 1 heterocycles. The van der Waals surface area contributed by atoms with E-state index in [0.29, 0.717) is 13.1 Å². The Morgan fingerprint density at radius 1 is 0.879 bits per heavy atom. The second-order valence-electron chi connectivity index (χ2n) is 7.25. The molecule has 174 valence electrons. The number of amides is 3. The van der Waals surface area contributed by atoms with Crippen LogP contribution in [0.5, 0.6) is 0 Å². The zero-order valence-electron chi connectivity index (χ0n) is 17.9. The number of piperazine rings is 1. The molecule has 1 fully saturated rings. The monoisotopic (exact) mass is 473 g/mol. The number of benzene rings is 2. The predicted octanol–water partition coefficient (Wildman–Crippen LogP) is 0.653. The number of carbonyl (C=O) groups is 4. The molecule has 2 aromatic carbocycles. The Hall–Kier alpha value is -3.57. The number of carbonyl (C=O) groups excluding carboxylic acids is 4. The van der Waals surface area contributed by atoms with Crippen LogP contribution in [0.1, 0.15) is 27.6 Å². The van der Waals surface area contributed by atoms with Crippen molar-refractivity contribution in [2.45, 2.75) is 11.8 Å². The molecule has 33 heavy (non-hydrogen) atoms. The van der Waals surface area contributed by atoms with Gasteiger partial charge in [0, 0.05) is 38.7 Å². The molecule has 0 saturated carbocycles. The molecule has 3 amide bonds. The van der Waals surface area contributed by atoms with Gasteiger partial charge in [0.15, 0.2) is 6.61 Å². The van der Waals surface area contributed by atoms with Crippen molar-refractivity contribution in [2.24, 2.45) is 0 Å². The highest BCUT2D eigenvalue weighted by molar-refractivity contribution is 7.89. The maximum atomic E-state index is 12.8. The summed E-state index contributed by atoms with van der Waals surface area (Å²) >= 11 is 0. The summed E-state index contributed by atoms with van der Waals surface area (Å²) in [6.45, 7) is 1.76. The summed E-state index contributed by atoms with van der Waals surface area (Å²) in [6, 6.07) is 13.2. The minimum Gasteiger partial charge on any atom is -0.452 e. The van der Waals surface area contributed by atoms with Crippen molar-refractivity contribution in [2.75, 3.05) is 32.8 Å². The zero-order valence-corrected chi connectivity index (χ0v) is 18.7. The van der Waals surface area contributed by atoms with E-state index in [9.17, 15) is 27.6 Å². The maximum Gasteiger partial charge on any atom is 0.338 e. The fourth-order valence-corrected chi connectivity index (χ4v) is 4.62. The summed E-state index contributed by atoms with van der Waals surface area (Å²) in [7, 11) is -3.78. The highest BCUT2D eigenvalue weighted by atomic mass is 32.2. The van der Waals surface area contributed by atoms with Crippen LogP contribution in [0.4, 0.5) is 0 Å². The number of nitrogens with zero attached hydrogens (tertiary/aromatic N) is 2. The number of rotatable bonds is 6. The summed E-state index contributed by atoms with van der Waals surface area (Å²) in [5.74, 6) is -2.35. The minimum absolute atomic E-state index is 0.00141. The molecule has 0 aliphatic carbocycles. The zero-order chi connectivity index (χ0) is 24.0. The third kappa shape index (κ3) is 6.02. The lowest BCUT2D eigenvalue weighted by Crippen LogP contribution is -2.49. The van der Waals surface area contributed by atoms with Crippen molar-refractivity contribution in [3.8, 4) is 0 Å². The van der Waals surface area contributed by atoms with Crippen molar-refractivity contribution in [1.82, 2.24) is 14.5 Å². The maximum absolute atomic E-state index is 12.8. The molecule has 1 N–H and O–H groups in total. The van der Waals surface area contributed by atoms with Crippen molar-refractivity contribution in [3.05, 3.63) is 65.7 Å². The average molecular weight is 474 g/mol. The molecule has 0 bridgehead atoms. The smallest absolute Gasteiger partial charge is 0.338 e. The first-order valence-electron chi connectivity index (χ1n) is 10.1. The van der Waals surface area contributed by atoms with Gasteiger partial charge in [0.2, 0.25) is 15.9 Å². The van der Waals surface area contributed by atoms with Gasteiger partial charge >= 0.3 is 5.97 Å². The Morgan fingerprint density at radius 3 is 2.06 bits per heavy atom. The number of nitrogens with one attached hydrogen (secondary N) is 1. The molecule has 1 aliphatic rings. The Labute approximate surface area is 191 Å². The highest BCUT2D eigenvalue weighted by Gasteiger charge is 2.29. The van der Waals surface area contributed by atoms with E-state index in [4.69, 9.17) is 4.74 Å². The van der Waals surface area contributed by atoms with Gasteiger partial charge in [-0.2, -0.15) is 4.31 Å². The Kier molecular flexibility index (Phi) is 7.56. The quantitative estimate of drug-likeness (QED) is 0.610. The van der Waals surface area contributed by atoms with E-state index in [1.165, 1.54) is 47.6 Å². The molecule has 0 radical (unpaired) electrons. The first-order chi connectivity index (χ1) is 15.7. The third-order valence-corrected chi connectivity index (χ3v) is 6.95. The first-order valence-corrected chi connectivity index (χ1v) is 11.5. The summed E-state index contributed by atoms with van der Waals surface area (Å²) in [6.07, 6.45) is 0. The van der Waals surface area contributed by atoms with Crippen LogP contribution in [0.15, 0.2) is 59.5 Å². The molecular weight excluding hydrogens is 450 g/mol. The fourth-order valence-electron chi connectivity index (χ4n) is 3.19. The Balaban J connectivity index is 1.54. The van der Waals surface area contributed by atoms with Crippen LogP contribution < -0.4 is 5.32 Å². The molecule has 0 unspecified atom stereocenters. The molecular formula is C22H23N3O7S. The van der Waals surface area contributed by atoms with Crippen molar-refractivity contribution in [1.29, 1.82) is 0 Å². The van der Waals surface area contributed by atoms with Crippen LogP contribution >= 0.6 is 0 Å². The van der Waals surface area contributed by atoms with Gasteiger partial charge in [-0.15, -0.1) is 0 Å². The highest BCUT2D eigenvalue weighted by Crippen LogP contribution is 2.18. The number of imide groups is 1. The molecule has 0 atom stereocenters. The van der Waals surface area contributed by atoms with Gasteiger partial charge in [-0.25, -0.2) is 13.2 Å². The lowest BCUT2D eigenvalue weighted by Gasteiger charge is -2.33. The minimum atomic E-state index is -3.78. The van der Waals surface area contributed by atoms with Crippen LogP contribution in [-0.2, 0) is 24.3 Å². The Morgan fingerprint density at radius 2 is 1.48 bits per heavy atom. The molecule has 10 nitrogen and oxygen atoms in total. The largest absolute Gasteiger partial charge is 0.452 e. The molecule has 1 saturated heterocycles. The van der Waals surface area contributed by atoms with Gasteiger partial charge in [0.05, 0.1) is 10.5 Å². The van der Waals surface area contributed by atoms with E-state index in [2.05, 4.69) is 5.32 Å². The molecule has 0 spiro atoms. The molecule has 2 aromatic rings. The number of hydrogen-bond acceptors (Lipinski definition) is 7. The van der Waals surface area contributed by atoms with Crippen molar-refractivity contribution >= 4 is 33.7 Å². The second kappa shape index (κ2) is 10.4. The van der Waals surface area contributed by atoms with Crippen molar-refractivity contribution in [3.63, 3.8) is 0 Å². The molecule has 1 aliphatic heterocycles. The topological polar surface area (TPSA) is 130 Å². The number of hydrogen-bond donors (Lipinski definition) is 1. The molecule has 11 heteroatoms. The van der Waals surface area contributed by atoms with Gasteiger partial charge in [-0.3, -0.25) is 19.7 Å². The van der Waals surface area contributed by atoms with Crippen molar-refractivity contribution < 1.29 is 32.3 Å². The van der Waals surface area contributed by atoms with Gasteiger partial charge in [0.25, 0.3) is 11.8 Å². The van der Waals surface area contributed by atoms with Gasteiger partial charge in [-0.05, 0) is 36.4 Å². The van der Waals surface area contributed by atoms with Crippen LogP contribution in [0.3, 0.4) is 0 Å². The fraction of sp³-hybridized carbons (Fsp3) is 0.273. The van der Waals surface area contributed by atoms with Gasteiger partial charge in [-0.1, -0.05) is 18.2 Å². The van der Waals surface area contributed by atoms with Crippen LogP contribution in [0.25, 0.3) is 0 Å². The van der Waals surface area contributed by atoms with E-state index in [1.807, 2.05) is 0 Å². The predicted molar refractivity (Wildman–Crippen MR) is 117 cm³/mol. The average Bonchev–Trinajstić information content (AvgIpc) is 2.83. The first kappa shape index (κ1) is 24.1. The molecule has 0 aromatic heterocycles. The normalized spacial score (nSPS) is 14.4. The van der Waals surface area contributed by atoms with Crippen LogP contribution in [0, 0.1) is 0 Å². The summed E-state index contributed by atoms with van der Waals surface area (Å²) < 4.78 is 31.8. The third-order valence-electron chi connectivity index (χ3n) is 5.04. The van der Waals surface area contributed by atoms with Gasteiger partial charge < -0.3 is 9.64 Å². The van der Waals surface area contributed by atoms with E-state index < -0.39 is 34.4 Å². The van der Waals surface area contributed by atoms with Gasteiger partial charge in [0.1, 0.15) is 0 Å². The van der Waals surface area contributed by atoms with Crippen LogP contribution in [0.2, 0.25) is 0 Å². The van der Waals surface area contributed by atoms with E-state index in [-0.39, 0.29) is 35.0 Å². The number of sulfonamides is 1. The standard InChI is InChI=1S/C22H23N3O7S/c1-16(26)24-11-13-25(14-12-24)33(30,31)19-9-7-18(8-10-19)22(29)32-15-20(27)23-21(28)17-5-3-2-4-6-17/h2-10H,11-15H2,1H3,(H,23,27,28). The van der Waals surface area contributed by atoms with E-state index >= 15 is 0 Å². The summed E-state index contributed by atoms with van der Waals surface area (Å²) in [5.41, 5.74) is 0.342. The number of esters is 1. The summed E-state index contributed by atoms with van der Waals surface area (Å²) in [5, 5.41) is 2.11.